The van der Waals surface area contributed by atoms with Crippen molar-refractivity contribution in [1.82, 2.24) is 15.5 Å². The Morgan fingerprint density at radius 3 is 2.96 bits per heavy atom. The van der Waals surface area contributed by atoms with Crippen LogP contribution < -0.4 is 11.1 Å². The van der Waals surface area contributed by atoms with Crippen LogP contribution in [-0.4, -0.2) is 27.7 Å². The molecule has 0 saturated carbocycles. The topological polar surface area (TPSA) is 83.8 Å². The van der Waals surface area contributed by atoms with Gasteiger partial charge < -0.3 is 11.1 Å². The van der Waals surface area contributed by atoms with Crippen LogP contribution in [0.15, 0.2) is 70.4 Å². The lowest BCUT2D eigenvalue weighted by Crippen LogP contribution is -2.60. The molecule has 1 aromatic heterocycles. The Morgan fingerprint density at radius 2 is 2.11 bits per heavy atom. The van der Waals surface area contributed by atoms with Crippen LogP contribution in [0.3, 0.4) is 0 Å². The number of amides is 1. The predicted octanol–water partition coefficient (Wildman–Crippen LogP) is 3.51. The van der Waals surface area contributed by atoms with Crippen LogP contribution in [0.2, 0.25) is 5.02 Å². The van der Waals surface area contributed by atoms with Crippen molar-refractivity contribution in [2.75, 3.05) is 0 Å². The smallest absolute Gasteiger partial charge is 0.242 e. The lowest BCUT2D eigenvalue weighted by molar-refractivity contribution is -0.122. The van der Waals surface area contributed by atoms with Gasteiger partial charge in [0.1, 0.15) is 11.6 Å². The number of rotatable bonds is 1. The molecule has 2 aromatic rings. The highest BCUT2D eigenvalue weighted by molar-refractivity contribution is 9.11. The second kappa shape index (κ2) is 5.79. The first-order valence-corrected chi connectivity index (χ1v) is 9.58. The van der Waals surface area contributed by atoms with Gasteiger partial charge in [0, 0.05) is 9.87 Å². The molecule has 134 valence electrons. The number of aromatic amines is 1. The Kier molecular flexibility index (Phi) is 3.59. The Bertz CT molecular complexity index is 1170. The maximum Gasteiger partial charge on any atom is 0.242 e. The van der Waals surface area contributed by atoms with Crippen molar-refractivity contribution in [3.8, 4) is 0 Å². The van der Waals surface area contributed by atoms with Gasteiger partial charge in [-0.1, -0.05) is 57.9 Å². The van der Waals surface area contributed by atoms with E-state index >= 15 is 0 Å². The minimum atomic E-state index is -0.805. The molecular weight excluding hydrogens is 428 g/mol. The maximum atomic E-state index is 12.9. The molecule has 3 aliphatic rings. The fraction of sp³-hybridized carbons (Fsp3) is 0.100. The number of nitrogens with two attached hydrogens (primary N) is 1. The van der Waals surface area contributed by atoms with E-state index in [9.17, 15) is 4.79 Å². The van der Waals surface area contributed by atoms with E-state index in [1.165, 1.54) is 0 Å². The second-order valence-corrected chi connectivity index (χ2v) is 8.03. The summed E-state index contributed by atoms with van der Waals surface area (Å²) < 4.78 is 0.918. The molecule has 1 aliphatic heterocycles. The molecule has 0 radical (unpaired) electrons. The molecule has 2 unspecified atom stereocenters. The summed E-state index contributed by atoms with van der Waals surface area (Å²) in [7, 11) is 0. The normalized spacial score (nSPS) is 26.5. The minimum absolute atomic E-state index is 0.224. The van der Waals surface area contributed by atoms with Crippen molar-refractivity contribution in [2.45, 2.75) is 11.6 Å². The Hall–Kier alpha value is -2.41. The van der Waals surface area contributed by atoms with Crippen molar-refractivity contribution < 1.29 is 4.79 Å². The van der Waals surface area contributed by atoms with Gasteiger partial charge in [-0.25, -0.2) is 0 Å². The first-order chi connectivity index (χ1) is 13.0. The van der Waals surface area contributed by atoms with Crippen molar-refractivity contribution in [3.05, 3.63) is 81.0 Å². The highest BCUT2D eigenvalue weighted by atomic mass is 79.9. The van der Waals surface area contributed by atoms with Crippen molar-refractivity contribution in [3.63, 3.8) is 0 Å². The van der Waals surface area contributed by atoms with E-state index in [2.05, 4.69) is 31.4 Å². The summed E-state index contributed by atoms with van der Waals surface area (Å²) in [6.45, 7) is 0. The molecule has 1 spiro atoms. The van der Waals surface area contributed by atoms with Crippen LogP contribution in [0, 0.1) is 0 Å². The number of halogens is 2. The van der Waals surface area contributed by atoms with Crippen LogP contribution in [0.5, 0.6) is 0 Å². The molecule has 1 amide bonds. The number of fused-ring (bicyclic) bond motifs is 1. The van der Waals surface area contributed by atoms with Gasteiger partial charge in [0.2, 0.25) is 5.91 Å². The average Bonchev–Trinajstić information content (AvgIpc) is 3.14. The number of aromatic nitrogens is 2. The summed E-state index contributed by atoms with van der Waals surface area (Å²) in [6.07, 6.45) is 13.6. The number of hydrogen-bond acceptors (Lipinski definition) is 3. The Labute approximate surface area is 168 Å². The third-order valence-electron chi connectivity index (χ3n) is 5.25. The average molecular weight is 442 g/mol. The quantitative estimate of drug-likeness (QED) is 0.633. The molecular formula is C20H14BrClN4O. The van der Waals surface area contributed by atoms with Gasteiger partial charge in [0.05, 0.1) is 16.7 Å². The number of hydrogen-bond donors (Lipinski definition) is 3. The summed E-state index contributed by atoms with van der Waals surface area (Å²) in [6, 6.07) is 2.89. The number of H-pyrrole nitrogens is 1. The van der Waals surface area contributed by atoms with Crippen LogP contribution in [0.25, 0.3) is 16.5 Å². The van der Waals surface area contributed by atoms with E-state index in [-0.39, 0.29) is 5.91 Å². The fourth-order valence-corrected chi connectivity index (χ4v) is 4.71. The van der Waals surface area contributed by atoms with Crippen LogP contribution in [0.1, 0.15) is 5.56 Å². The van der Waals surface area contributed by atoms with E-state index in [4.69, 9.17) is 17.3 Å². The maximum absolute atomic E-state index is 12.9. The molecule has 4 N–H and O–H groups in total. The van der Waals surface area contributed by atoms with E-state index in [1.807, 2.05) is 42.5 Å². The Balaban J connectivity index is 1.89. The summed E-state index contributed by atoms with van der Waals surface area (Å²) in [5.41, 5.74) is 9.90. The molecule has 0 fully saturated rings. The van der Waals surface area contributed by atoms with Crippen molar-refractivity contribution >= 4 is 49.9 Å². The second-order valence-electron chi connectivity index (χ2n) is 6.70. The fourth-order valence-electron chi connectivity index (χ4n) is 4.03. The number of carbonyl (C=O) groups excluding carboxylic acids is 1. The standard InChI is InChI=1S/C20H14BrClN4O/c21-11-7-10-3-1-2-6-20(10)14(8-11)16(17(23)19(27)25-20)12-4-5-15(22)18-13(12)9-24-26-18/h1-9,17H,23H2,(H,24,26)(H,25,27). The summed E-state index contributed by atoms with van der Waals surface area (Å²) in [5, 5.41) is 11.6. The molecule has 2 heterocycles. The van der Waals surface area contributed by atoms with E-state index in [0.717, 1.165) is 37.7 Å². The highest BCUT2D eigenvalue weighted by Gasteiger charge is 2.46. The number of allylic oxidation sites excluding steroid dienone is 4. The summed E-state index contributed by atoms with van der Waals surface area (Å²) in [5.74, 6) is -0.224. The molecule has 2 aliphatic carbocycles. The zero-order valence-electron chi connectivity index (χ0n) is 14.0. The van der Waals surface area contributed by atoms with Gasteiger partial charge in [0.25, 0.3) is 0 Å². The van der Waals surface area contributed by atoms with E-state index < -0.39 is 11.6 Å². The largest absolute Gasteiger partial charge is 0.337 e. The van der Waals surface area contributed by atoms with Gasteiger partial charge in [0.15, 0.2) is 0 Å². The first kappa shape index (κ1) is 16.7. The molecule has 5 nitrogen and oxygen atoms in total. The number of benzene rings is 1. The van der Waals surface area contributed by atoms with Crippen molar-refractivity contribution in [2.24, 2.45) is 5.73 Å². The van der Waals surface area contributed by atoms with Crippen molar-refractivity contribution in [1.29, 1.82) is 0 Å². The number of nitrogens with one attached hydrogen (secondary N) is 2. The van der Waals surface area contributed by atoms with Gasteiger partial charge >= 0.3 is 0 Å². The third kappa shape index (κ3) is 2.27. The third-order valence-corrected chi connectivity index (χ3v) is 6.02. The number of nitrogens with zero attached hydrogens (tertiary/aromatic N) is 1. The predicted molar refractivity (Wildman–Crippen MR) is 110 cm³/mol. The highest BCUT2D eigenvalue weighted by Crippen LogP contribution is 2.46. The van der Waals surface area contributed by atoms with Gasteiger partial charge in [-0.05, 0) is 40.5 Å². The molecule has 5 rings (SSSR count). The molecule has 27 heavy (non-hydrogen) atoms. The molecule has 2 atom stereocenters. The van der Waals surface area contributed by atoms with Crippen LogP contribution >= 0.6 is 27.5 Å². The zero-order valence-corrected chi connectivity index (χ0v) is 16.3. The molecule has 0 bridgehead atoms. The summed E-state index contributed by atoms with van der Waals surface area (Å²) in [4.78, 5) is 12.9. The van der Waals surface area contributed by atoms with E-state index in [1.54, 1.807) is 12.3 Å². The lowest BCUT2D eigenvalue weighted by Gasteiger charge is -2.44. The first-order valence-electron chi connectivity index (χ1n) is 8.41. The molecule has 1 aromatic carbocycles. The zero-order chi connectivity index (χ0) is 18.8. The molecule has 0 saturated heterocycles. The molecule has 7 heteroatoms. The monoisotopic (exact) mass is 440 g/mol. The Morgan fingerprint density at radius 1 is 1.26 bits per heavy atom. The van der Waals surface area contributed by atoms with Crippen LogP contribution in [-0.2, 0) is 4.79 Å². The minimum Gasteiger partial charge on any atom is -0.337 e. The van der Waals surface area contributed by atoms with Crippen LogP contribution in [0.4, 0.5) is 0 Å². The van der Waals surface area contributed by atoms with Gasteiger partial charge in [-0.2, -0.15) is 5.10 Å². The SMILES string of the molecule is NC1C(=O)NC23C=CC=CC2=CC(Br)=CC3=C1c1ccc(Cl)c2[nH]ncc12. The van der Waals surface area contributed by atoms with E-state index in [0.29, 0.717) is 5.02 Å². The van der Waals surface area contributed by atoms with Gasteiger partial charge in [-0.15, -0.1) is 0 Å². The van der Waals surface area contributed by atoms with Gasteiger partial charge in [-0.3, -0.25) is 9.89 Å². The summed E-state index contributed by atoms with van der Waals surface area (Å²) >= 11 is 9.89. The lowest BCUT2D eigenvalue weighted by atomic mass is 9.70. The number of carbonyl (C=O) groups is 1.